The highest BCUT2D eigenvalue weighted by Gasteiger charge is 2.46. The summed E-state index contributed by atoms with van der Waals surface area (Å²) in [6, 6.07) is 0.765. The van der Waals surface area contributed by atoms with Crippen LogP contribution >= 0.6 is 0 Å². The maximum Gasteiger partial charge on any atom is 0.0249 e. The third-order valence-electron chi connectivity index (χ3n) is 3.72. The second-order valence-corrected chi connectivity index (χ2v) is 5.21. The highest BCUT2D eigenvalue weighted by Crippen LogP contribution is 2.43. The predicted octanol–water partition coefficient (Wildman–Crippen LogP) is 1.47. The molecule has 76 valence electrons. The van der Waals surface area contributed by atoms with Crippen LogP contribution in [0.5, 0.6) is 0 Å². The van der Waals surface area contributed by atoms with Gasteiger partial charge in [0, 0.05) is 31.2 Å². The van der Waals surface area contributed by atoms with Gasteiger partial charge in [-0.05, 0) is 25.7 Å². The Hall–Kier alpha value is -0.0800. The van der Waals surface area contributed by atoms with E-state index in [0.717, 1.165) is 12.0 Å². The summed E-state index contributed by atoms with van der Waals surface area (Å²) in [5.41, 5.74) is 0.567. The molecule has 0 radical (unpaired) electrons. The first-order valence-corrected chi connectivity index (χ1v) is 5.61. The van der Waals surface area contributed by atoms with Crippen LogP contribution in [0.15, 0.2) is 0 Å². The van der Waals surface area contributed by atoms with Crippen molar-refractivity contribution < 1.29 is 0 Å². The molecule has 2 fully saturated rings. The summed E-state index contributed by atoms with van der Waals surface area (Å²) in [5.74, 6) is 0.783. The minimum Gasteiger partial charge on any atom is -0.314 e. The normalized spacial score (nSPS) is 33.7. The molecule has 2 heteroatoms. The van der Waals surface area contributed by atoms with Gasteiger partial charge in [-0.1, -0.05) is 13.8 Å². The van der Waals surface area contributed by atoms with Crippen molar-refractivity contribution in [3.63, 3.8) is 0 Å². The fraction of sp³-hybridized carbons (Fsp3) is 1.00. The van der Waals surface area contributed by atoms with Gasteiger partial charge >= 0.3 is 0 Å². The van der Waals surface area contributed by atoms with Gasteiger partial charge in [0.25, 0.3) is 0 Å². The second-order valence-electron chi connectivity index (χ2n) is 5.21. The zero-order valence-electron chi connectivity index (χ0n) is 9.14. The van der Waals surface area contributed by atoms with E-state index in [4.69, 9.17) is 0 Å². The van der Waals surface area contributed by atoms with Crippen LogP contribution in [-0.2, 0) is 0 Å². The van der Waals surface area contributed by atoms with Crippen LogP contribution in [0.2, 0.25) is 0 Å². The lowest BCUT2D eigenvalue weighted by Crippen LogP contribution is -2.57. The second kappa shape index (κ2) is 3.25. The quantitative estimate of drug-likeness (QED) is 0.695. The molecule has 1 unspecified atom stereocenters. The fourth-order valence-corrected chi connectivity index (χ4v) is 2.46. The van der Waals surface area contributed by atoms with Crippen molar-refractivity contribution in [2.45, 2.75) is 45.2 Å². The van der Waals surface area contributed by atoms with Crippen LogP contribution in [0.25, 0.3) is 0 Å². The summed E-state index contributed by atoms with van der Waals surface area (Å²) in [4.78, 5) is 2.74. The monoisotopic (exact) mass is 182 g/mol. The molecule has 1 aliphatic heterocycles. The van der Waals surface area contributed by atoms with Gasteiger partial charge in [0.15, 0.2) is 0 Å². The van der Waals surface area contributed by atoms with Gasteiger partial charge in [-0.15, -0.1) is 0 Å². The van der Waals surface area contributed by atoms with Crippen LogP contribution in [0.4, 0.5) is 0 Å². The van der Waals surface area contributed by atoms with Crippen molar-refractivity contribution in [3.05, 3.63) is 0 Å². The third kappa shape index (κ3) is 1.75. The molecular formula is C11H22N2. The Kier molecular flexibility index (Phi) is 2.37. The van der Waals surface area contributed by atoms with E-state index in [1.165, 1.54) is 32.5 Å². The molecule has 1 saturated carbocycles. The predicted molar refractivity (Wildman–Crippen MR) is 55.8 cm³/mol. The zero-order valence-corrected chi connectivity index (χ0v) is 9.14. The lowest BCUT2D eigenvalue weighted by molar-refractivity contribution is 0.0720. The molecule has 0 aromatic heterocycles. The van der Waals surface area contributed by atoms with Crippen molar-refractivity contribution in [1.29, 1.82) is 0 Å². The van der Waals surface area contributed by atoms with Crippen LogP contribution in [0, 0.1) is 5.92 Å². The number of hydrogen-bond donors (Lipinski definition) is 1. The van der Waals surface area contributed by atoms with Gasteiger partial charge < -0.3 is 5.32 Å². The van der Waals surface area contributed by atoms with Gasteiger partial charge in [0.1, 0.15) is 0 Å². The fourth-order valence-electron chi connectivity index (χ4n) is 2.46. The highest BCUT2D eigenvalue weighted by molar-refractivity contribution is 5.04. The maximum absolute atomic E-state index is 3.50. The smallest absolute Gasteiger partial charge is 0.0249 e. The summed E-state index contributed by atoms with van der Waals surface area (Å²) in [7, 11) is 0. The number of rotatable bonds is 2. The first-order valence-electron chi connectivity index (χ1n) is 5.61. The standard InChI is InChI=1S/C11H22N2/c1-9(2)10-8-12-6-7-13(10)11(3)4-5-11/h9-10,12H,4-8H2,1-3H3. The minimum atomic E-state index is 0.567. The molecule has 1 aliphatic carbocycles. The van der Waals surface area contributed by atoms with E-state index in [0.29, 0.717) is 5.54 Å². The molecule has 2 aliphatic rings. The van der Waals surface area contributed by atoms with E-state index >= 15 is 0 Å². The summed E-state index contributed by atoms with van der Waals surface area (Å²) in [6.07, 6.45) is 2.83. The average Bonchev–Trinajstić information content (AvgIpc) is 2.85. The molecule has 0 amide bonds. The van der Waals surface area contributed by atoms with E-state index in [1.807, 2.05) is 0 Å². The molecule has 13 heavy (non-hydrogen) atoms. The lowest BCUT2D eigenvalue weighted by Gasteiger charge is -2.42. The van der Waals surface area contributed by atoms with Crippen molar-refractivity contribution in [2.75, 3.05) is 19.6 Å². The molecule has 0 bridgehead atoms. The zero-order chi connectivity index (χ0) is 9.47. The van der Waals surface area contributed by atoms with Gasteiger partial charge in [0.2, 0.25) is 0 Å². The van der Waals surface area contributed by atoms with E-state index in [9.17, 15) is 0 Å². The Morgan fingerprint density at radius 1 is 1.38 bits per heavy atom. The van der Waals surface area contributed by atoms with Crippen LogP contribution in [-0.4, -0.2) is 36.1 Å². The summed E-state index contributed by atoms with van der Waals surface area (Å²) in [6.45, 7) is 10.7. The van der Waals surface area contributed by atoms with Crippen molar-refractivity contribution in [2.24, 2.45) is 5.92 Å². The Balaban J connectivity index is 2.04. The number of piperazine rings is 1. The van der Waals surface area contributed by atoms with Gasteiger partial charge in [-0.25, -0.2) is 0 Å². The van der Waals surface area contributed by atoms with E-state index < -0.39 is 0 Å². The van der Waals surface area contributed by atoms with Crippen LogP contribution in [0.3, 0.4) is 0 Å². The molecule has 1 heterocycles. The Morgan fingerprint density at radius 2 is 2.08 bits per heavy atom. The summed E-state index contributed by atoms with van der Waals surface area (Å²) < 4.78 is 0. The third-order valence-corrected chi connectivity index (χ3v) is 3.72. The number of nitrogens with one attached hydrogen (secondary N) is 1. The SMILES string of the molecule is CC(C)C1CNCCN1C1(C)CC1. The number of nitrogens with zero attached hydrogens (tertiary/aromatic N) is 1. The molecule has 1 saturated heterocycles. The molecular weight excluding hydrogens is 160 g/mol. The molecule has 0 aromatic rings. The molecule has 2 rings (SSSR count). The summed E-state index contributed by atoms with van der Waals surface area (Å²) >= 11 is 0. The maximum atomic E-state index is 3.50. The van der Waals surface area contributed by atoms with Crippen LogP contribution in [0.1, 0.15) is 33.6 Å². The van der Waals surface area contributed by atoms with Gasteiger partial charge in [-0.2, -0.15) is 0 Å². The molecule has 1 atom stereocenters. The van der Waals surface area contributed by atoms with Crippen molar-refractivity contribution >= 4 is 0 Å². The largest absolute Gasteiger partial charge is 0.314 e. The Labute approximate surface area is 81.7 Å². The molecule has 0 spiro atoms. The molecule has 0 aromatic carbocycles. The highest BCUT2D eigenvalue weighted by atomic mass is 15.3. The average molecular weight is 182 g/mol. The van der Waals surface area contributed by atoms with E-state index in [1.54, 1.807) is 0 Å². The Morgan fingerprint density at radius 3 is 2.62 bits per heavy atom. The summed E-state index contributed by atoms with van der Waals surface area (Å²) in [5, 5.41) is 3.50. The van der Waals surface area contributed by atoms with E-state index in [-0.39, 0.29) is 0 Å². The van der Waals surface area contributed by atoms with E-state index in [2.05, 4.69) is 31.0 Å². The topological polar surface area (TPSA) is 15.3 Å². The van der Waals surface area contributed by atoms with Gasteiger partial charge in [0.05, 0.1) is 0 Å². The molecule has 2 nitrogen and oxygen atoms in total. The lowest BCUT2D eigenvalue weighted by atomic mass is 9.98. The van der Waals surface area contributed by atoms with Gasteiger partial charge in [-0.3, -0.25) is 4.90 Å². The molecule has 1 N–H and O–H groups in total. The first kappa shape index (κ1) is 9.47. The number of hydrogen-bond acceptors (Lipinski definition) is 2. The first-order chi connectivity index (χ1) is 6.13. The minimum absolute atomic E-state index is 0.567. The Bertz CT molecular complexity index is 185. The van der Waals surface area contributed by atoms with Crippen molar-refractivity contribution in [3.8, 4) is 0 Å². The van der Waals surface area contributed by atoms with Crippen molar-refractivity contribution in [1.82, 2.24) is 10.2 Å². The van der Waals surface area contributed by atoms with Crippen LogP contribution < -0.4 is 5.32 Å².